The molecule has 0 aromatic carbocycles. The lowest BCUT2D eigenvalue weighted by atomic mass is 10.2. The lowest BCUT2D eigenvalue weighted by molar-refractivity contribution is -0.140. The van der Waals surface area contributed by atoms with E-state index >= 15 is 0 Å². The van der Waals surface area contributed by atoms with Gasteiger partial charge in [0.15, 0.2) is 11.5 Å². The van der Waals surface area contributed by atoms with E-state index in [1.54, 1.807) is 0 Å². The Labute approximate surface area is 114 Å². The van der Waals surface area contributed by atoms with Crippen molar-refractivity contribution in [1.29, 1.82) is 0 Å². The molecule has 0 amide bonds. The second kappa shape index (κ2) is 6.83. The van der Waals surface area contributed by atoms with Gasteiger partial charge in [0.1, 0.15) is 0 Å². The fourth-order valence-corrected chi connectivity index (χ4v) is 2.19. The van der Waals surface area contributed by atoms with Gasteiger partial charge in [0.05, 0.1) is 19.2 Å². The van der Waals surface area contributed by atoms with Crippen LogP contribution < -0.4 is 5.32 Å². The SMILES string of the molecule is COC(=O)CCc1csc(NCCc2ncno2)n1. The Morgan fingerprint density at radius 1 is 1.53 bits per heavy atom. The Morgan fingerprint density at radius 2 is 2.42 bits per heavy atom. The van der Waals surface area contributed by atoms with E-state index in [4.69, 9.17) is 4.52 Å². The van der Waals surface area contributed by atoms with Gasteiger partial charge < -0.3 is 14.6 Å². The maximum absolute atomic E-state index is 11.0. The minimum absolute atomic E-state index is 0.223. The molecule has 2 aromatic rings. The van der Waals surface area contributed by atoms with Crippen LogP contribution in [0.25, 0.3) is 0 Å². The first-order valence-electron chi connectivity index (χ1n) is 5.78. The minimum Gasteiger partial charge on any atom is -0.469 e. The van der Waals surface area contributed by atoms with Gasteiger partial charge in [0.2, 0.25) is 5.89 Å². The van der Waals surface area contributed by atoms with Crippen LogP contribution in [-0.2, 0) is 22.4 Å². The summed E-state index contributed by atoms with van der Waals surface area (Å²) in [4.78, 5) is 19.3. The molecule has 0 aliphatic heterocycles. The maximum atomic E-state index is 11.0. The van der Waals surface area contributed by atoms with Crippen LogP contribution in [0.1, 0.15) is 18.0 Å². The molecule has 0 unspecified atom stereocenters. The van der Waals surface area contributed by atoms with Gasteiger partial charge in [-0.2, -0.15) is 4.98 Å². The Balaban J connectivity index is 1.73. The second-order valence-electron chi connectivity index (χ2n) is 3.73. The van der Waals surface area contributed by atoms with Crippen molar-refractivity contribution in [1.82, 2.24) is 15.1 Å². The topological polar surface area (TPSA) is 90.1 Å². The number of methoxy groups -OCH3 is 1. The van der Waals surface area contributed by atoms with Crippen LogP contribution in [-0.4, -0.2) is 34.7 Å². The highest BCUT2D eigenvalue weighted by Gasteiger charge is 2.06. The first-order chi connectivity index (χ1) is 9.28. The van der Waals surface area contributed by atoms with Crippen LogP contribution in [0.2, 0.25) is 0 Å². The van der Waals surface area contributed by atoms with Gasteiger partial charge in [0.25, 0.3) is 0 Å². The largest absolute Gasteiger partial charge is 0.469 e. The fourth-order valence-electron chi connectivity index (χ4n) is 1.42. The van der Waals surface area contributed by atoms with Crippen molar-refractivity contribution in [2.75, 3.05) is 19.0 Å². The standard InChI is InChI=1S/C11H14N4O3S/c1-17-10(16)3-2-8-6-19-11(15-8)12-5-4-9-13-7-14-18-9/h6-7H,2-5H2,1H3,(H,12,15). The first-order valence-corrected chi connectivity index (χ1v) is 6.66. The summed E-state index contributed by atoms with van der Waals surface area (Å²) in [7, 11) is 1.38. The van der Waals surface area contributed by atoms with Crippen LogP contribution in [0.4, 0.5) is 5.13 Å². The van der Waals surface area contributed by atoms with Gasteiger partial charge in [0, 0.05) is 24.8 Å². The minimum atomic E-state index is -0.223. The van der Waals surface area contributed by atoms with Crippen LogP contribution in [0.15, 0.2) is 16.2 Å². The van der Waals surface area contributed by atoms with Crippen molar-refractivity contribution in [2.45, 2.75) is 19.3 Å². The van der Waals surface area contributed by atoms with E-state index < -0.39 is 0 Å². The summed E-state index contributed by atoms with van der Waals surface area (Å²) in [5.74, 6) is 0.369. The summed E-state index contributed by atoms with van der Waals surface area (Å²) in [6, 6.07) is 0. The fraction of sp³-hybridized carbons (Fsp3) is 0.455. The van der Waals surface area contributed by atoms with Gasteiger partial charge in [-0.25, -0.2) is 4.98 Å². The highest BCUT2D eigenvalue weighted by atomic mass is 32.1. The molecule has 102 valence electrons. The smallest absolute Gasteiger partial charge is 0.305 e. The van der Waals surface area contributed by atoms with Crippen molar-refractivity contribution < 1.29 is 14.1 Å². The van der Waals surface area contributed by atoms with E-state index in [1.807, 2.05) is 5.38 Å². The summed E-state index contributed by atoms with van der Waals surface area (Å²) in [5, 5.41) is 9.45. The quantitative estimate of drug-likeness (QED) is 0.765. The molecule has 2 rings (SSSR count). The van der Waals surface area contributed by atoms with Gasteiger partial charge in [-0.05, 0) is 0 Å². The molecular formula is C11H14N4O3S. The van der Waals surface area contributed by atoms with E-state index in [1.165, 1.54) is 24.8 Å². The molecular weight excluding hydrogens is 268 g/mol. The third kappa shape index (κ3) is 4.32. The van der Waals surface area contributed by atoms with Crippen molar-refractivity contribution >= 4 is 22.4 Å². The Hall–Kier alpha value is -1.96. The molecule has 0 bridgehead atoms. The molecule has 0 spiro atoms. The summed E-state index contributed by atoms with van der Waals surface area (Å²) < 4.78 is 9.47. The van der Waals surface area contributed by atoms with E-state index in [9.17, 15) is 4.79 Å². The summed E-state index contributed by atoms with van der Waals surface area (Å²) in [6.45, 7) is 0.673. The molecule has 0 atom stereocenters. The molecule has 0 radical (unpaired) electrons. The molecule has 0 aliphatic carbocycles. The average molecular weight is 282 g/mol. The van der Waals surface area contributed by atoms with E-state index in [2.05, 4.69) is 25.2 Å². The third-order valence-electron chi connectivity index (χ3n) is 2.39. The number of hydrogen-bond acceptors (Lipinski definition) is 8. The van der Waals surface area contributed by atoms with Crippen molar-refractivity contribution in [3.63, 3.8) is 0 Å². The van der Waals surface area contributed by atoms with Crippen molar-refractivity contribution in [3.8, 4) is 0 Å². The lowest BCUT2D eigenvalue weighted by Crippen LogP contribution is -2.05. The Kier molecular flexibility index (Phi) is 4.85. The van der Waals surface area contributed by atoms with E-state index in [0.29, 0.717) is 31.7 Å². The molecule has 8 heteroatoms. The van der Waals surface area contributed by atoms with Gasteiger partial charge in [-0.15, -0.1) is 11.3 Å². The highest BCUT2D eigenvalue weighted by Crippen LogP contribution is 2.16. The number of hydrogen-bond donors (Lipinski definition) is 1. The highest BCUT2D eigenvalue weighted by molar-refractivity contribution is 7.13. The first kappa shape index (κ1) is 13.5. The van der Waals surface area contributed by atoms with E-state index in [-0.39, 0.29) is 5.97 Å². The Morgan fingerprint density at radius 3 is 3.16 bits per heavy atom. The third-order valence-corrected chi connectivity index (χ3v) is 3.24. The van der Waals surface area contributed by atoms with Crippen LogP contribution in [0, 0.1) is 0 Å². The van der Waals surface area contributed by atoms with Crippen LogP contribution in [0.3, 0.4) is 0 Å². The zero-order valence-corrected chi connectivity index (χ0v) is 11.3. The zero-order chi connectivity index (χ0) is 13.5. The second-order valence-corrected chi connectivity index (χ2v) is 4.59. The monoisotopic (exact) mass is 282 g/mol. The number of nitrogens with one attached hydrogen (secondary N) is 1. The molecule has 2 aromatic heterocycles. The molecule has 0 saturated carbocycles. The van der Waals surface area contributed by atoms with Crippen LogP contribution in [0.5, 0.6) is 0 Å². The predicted octanol–water partition coefficient (Wildman–Crippen LogP) is 1.29. The normalized spacial score (nSPS) is 10.4. The number of rotatable bonds is 7. The molecule has 7 nitrogen and oxygen atoms in total. The predicted molar refractivity (Wildman–Crippen MR) is 68.9 cm³/mol. The molecule has 1 N–H and O–H groups in total. The van der Waals surface area contributed by atoms with Crippen LogP contribution >= 0.6 is 11.3 Å². The van der Waals surface area contributed by atoms with E-state index in [0.717, 1.165) is 10.8 Å². The summed E-state index contributed by atoms with van der Waals surface area (Å²) in [5.41, 5.74) is 0.885. The molecule has 0 fully saturated rings. The number of carbonyl (C=O) groups is 1. The van der Waals surface area contributed by atoms with Crippen molar-refractivity contribution in [2.24, 2.45) is 0 Å². The van der Waals surface area contributed by atoms with Crippen molar-refractivity contribution in [3.05, 3.63) is 23.3 Å². The Bertz CT molecular complexity index is 512. The molecule has 19 heavy (non-hydrogen) atoms. The van der Waals surface area contributed by atoms with Gasteiger partial charge >= 0.3 is 5.97 Å². The number of esters is 1. The molecule has 0 aliphatic rings. The molecule has 0 saturated heterocycles. The van der Waals surface area contributed by atoms with Gasteiger partial charge in [-0.3, -0.25) is 4.79 Å². The zero-order valence-electron chi connectivity index (χ0n) is 10.5. The maximum Gasteiger partial charge on any atom is 0.305 e. The number of aryl methyl sites for hydroxylation is 1. The number of thiazole rings is 1. The number of anilines is 1. The average Bonchev–Trinajstić information content (AvgIpc) is 3.07. The molecule has 2 heterocycles. The number of aromatic nitrogens is 3. The lowest BCUT2D eigenvalue weighted by Gasteiger charge is -1.99. The number of carbonyl (C=O) groups excluding carboxylic acids is 1. The van der Waals surface area contributed by atoms with Gasteiger partial charge in [-0.1, -0.05) is 5.16 Å². The number of ether oxygens (including phenoxy) is 1. The number of nitrogens with zero attached hydrogens (tertiary/aromatic N) is 3. The summed E-state index contributed by atoms with van der Waals surface area (Å²) in [6.07, 6.45) is 2.97. The summed E-state index contributed by atoms with van der Waals surface area (Å²) >= 11 is 1.51.